The molecule has 2 heterocycles. The first-order valence-electron chi connectivity index (χ1n) is 15.3. The molecule has 0 aliphatic rings. The van der Waals surface area contributed by atoms with E-state index in [0.29, 0.717) is 11.1 Å². The lowest BCUT2D eigenvalue weighted by Crippen LogP contribution is -2.30. The van der Waals surface area contributed by atoms with Crippen LogP contribution in [0.2, 0.25) is 0 Å². The van der Waals surface area contributed by atoms with E-state index < -0.39 is 13.7 Å². The van der Waals surface area contributed by atoms with E-state index in [-0.39, 0.29) is 11.1 Å². The number of benzene rings is 5. The summed E-state index contributed by atoms with van der Waals surface area (Å²) in [4.78, 5) is 0. The molecule has 37 heavy (non-hydrogen) atoms. The Morgan fingerprint density at radius 2 is 1.41 bits per heavy atom. The summed E-state index contributed by atoms with van der Waals surface area (Å²) >= 11 is 0. The third kappa shape index (κ3) is 3.37. The second-order valence-electron chi connectivity index (χ2n) is 9.77. The third-order valence-electron chi connectivity index (χ3n) is 7.40. The average Bonchev–Trinajstić information content (AvgIpc) is 3.35. The molecule has 0 atom stereocenters. The minimum atomic E-state index is -2.44. The van der Waals surface area contributed by atoms with Crippen LogP contribution in [-0.4, -0.2) is 0 Å². The van der Waals surface area contributed by atoms with Gasteiger partial charge in [-0.1, -0.05) is 83.9 Å². The van der Waals surface area contributed by atoms with Crippen LogP contribution in [-0.2, 0) is 7.05 Å². The van der Waals surface area contributed by atoms with Crippen LogP contribution >= 0.6 is 0 Å². The van der Waals surface area contributed by atoms with Gasteiger partial charge in [-0.25, -0.2) is 4.57 Å². The van der Waals surface area contributed by atoms with Crippen LogP contribution in [0.15, 0.2) is 102 Å². The molecular weight excluding hydrogens is 450 g/mol. The number of nitrogens with zero attached hydrogens (tertiary/aromatic N) is 1. The highest BCUT2D eigenvalue weighted by Crippen LogP contribution is 2.41. The second-order valence-corrected chi connectivity index (χ2v) is 9.77. The normalized spacial score (nSPS) is 14.9. The first-order valence-corrected chi connectivity index (χ1v) is 12.3. The molecule has 0 aliphatic carbocycles. The molecule has 0 bridgehead atoms. The van der Waals surface area contributed by atoms with E-state index in [1.165, 1.54) is 6.07 Å². The predicted octanol–water partition coefficient (Wildman–Crippen LogP) is 8.98. The maximum atomic E-state index is 7.96. The predicted molar refractivity (Wildman–Crippen MR) is 155 cm³/mol. The number of hydrogen-bond acceptors (Lipinski definition) is 1. The maximum Gasteiger partial charge on any atom is 0.216 e. The van der Waals surface area contributed by atoms with E-state index in [0.717, 1.165) is 60.3 Å². The van der Waals surface area contributed by atoms with Crippen molar-refractivity contribution in [2.45, 2.75) is 20.6 Å². The Kier molecular flexibility index (Phi) is 3.55. The molecule has 0 fully saturated rings. The fourth-order valence-corrected chi connectivity index (χ4v) is 5.59. The minimum Gasteiger partial charge on any atom is -0.454 e. The number of fused-ring (bicyclic) bond motifs is 7. The minimum absolute atomic E-state index is 0.000531. The highest BCUT2D eigenvalue weighted by molar-refractivity contribution is 6.24. The Morgan fingerprint density at radius 1 is 0.676 bits per heavy atom. The van der Waals surface area contributed by atoms with Crippen LogP contribution in [0.3, 0.4) is 0 Å². The monoisotopic (exact) mass is 484 g/mol. The number of aromatic nitrogens is 1. The van der Waals surface area contributed by atoms with E-state index in [1.54, 1.807) is 12.1 Å². The Balaban J connectivity index is 1.50. The first kappa shape index (κ1) is 16.3. The van der Waals surface area contributed by atoms with Gasteiger partial charge in [-0.3, -0.25) is 0 Å². The van der Waals surface area contributed by atoms with Gasteiger partial charge >= 0.3 is 0 Å². The fraction of sp³-hybridized carbons (Fsp3) is 0.114. The zero-order valence-electron chi connectivity index (χ0n) is 26.6. The lowest BCUT2D eigenvalue weighted by atomic mass is 9.96. The molecule has 0 unspecified atom stereocenters. The molecule has 0 aliphatic heterocycles. The highest BCUT2D eigenvalue weighted by atomic mass is 16.3. The molecule has 0 spiro atoms. The van der Waals surface area contributed by atoms with Crippen LogP contribution in [0, 0.1) is 20.6 Å². The molecule has 7 aromatic rings. The first-order chi connectivity index (χ1) is 20.4. The zero-order valence-corrected chi connectivity index (χ0v) is 20.6. The van der Waals surface area contributed by atoms with Gasteiger partial charge in [0, 0.05) is 36.5 Å². The molecule has 2 heteroatoms. The van der Waals surface area contributed by atoms with Crippen molar-refractivity contribution in [1.29, 1.82) is 0 Å². The Morgan fingerprint density at radius 3 is 2.24 bits per heavy atom. The van der Waals surface area contributed by atoms with Crippen molar-refractivity contribution in [2.75, 3.05) is 0 Å². The number of furan rings is 1. The molecule has 0 saturated carbocycles. The molecule has 5 aromatic carbocycles. The molecule has 0 radical (unpaired) electrons. The standard InChI is InChI=1S/C35H28NO/c1-21-17-22(2)19-27(18-21)26-15-16-36(4)31(20-26)32-23(3)9-13-29-30-14-12-25-11-10-24-7-5-6-8-28(24)33(25)35(30)37-34(29)32/h5-20H,1-4H3/q+1/i1D3,2D3. The van der Waals surface area contributed by atoms with Gasteiger partial charge in [0.1, 0.15) is 18.2 Å². The van der Waals surface area contributed by atoms with Crippen molar-refractivity contribution in [3.63, 3.8) is 0 Å². The van der Waals surface area contributed by atoms with Crippen molar-refractivity contribution in [2.24, 2.45) is 7.05 Å². The summed E-state index contributed by atoms with van der Waals surface area (Å²) in [6.45, 7) is -2.84. The lowest BCUT2D eigenvalue weighted by molar-refractivity contribution is -0.660. The Bertz CT molecular complexity index is 2210. The summed E-state index contributed by atoms with van der Waals surface area (Å²) in [7, 11) is 1.95. The van der Waals surface area contributed by atoms with Crippen LogP contribution in [0.1, 0.15) is 24.9 Å². The van der Waals surface area contributed by atoms with E-state index in [2.05, 4.69) is 48.5 Å². The molecular formula is C35H28NO+. The molecule has 2 nitrogen and oxygen atoms in total. The number of rotatable bonds is 2. The quantitative estimate of drug-likeness (QED) is 0.177. The smallest absolute Gasteiger partial charge is 0.216 e. The SMILES string of the molecule is [2H]C([2H])([2H])c1cc(-c2cc[n+](C)c(-c3c(C)ccc4c3oc3c4ccc4ccc5ccccc5c43)c2)cc(C([2H])([2H])[2H])c1. The number of pyridine rings is 1. The van der Waals surface area contributed by atoms with Crippen molar-refractivity contribution in [3.8, 4) is 22.4 Å². The summed E-state index contributed by atoms with van der Waals surface area (Å²) in [5.74, 6) is 0. The van der Waals surface area contributed by atoms with Gasteiger partial charge < -0.3 is 4.42 Å². The Hall–Kier alpha value is -4.43. The van der Waals surface area contributed by atoms with Crippen molar-refractivity contribution >= 4 is 43.5 Å². The lowest BCUT2D eigenvalue weighted by Gasteiger charge is -2.09. The highest BCUT2D eigenvalue weighted by Gasteiger charge is 2.22. The van der Waals surface area contributed by atoms with Gasteiger partial charge in [0.05, 0.1) is 5.56 Å². The van der Waals surface area contributed by atoms with Gasteiger partial charge in [0.25, 0.3) is 0 Å². The van der Waals surface area contributed by atoms with Crippen molar-refractivity contribution in [1.82, 2.24) is 0 Å². The summed E-state index contributed by atoms with van der Waals surface area (Å²) in [5.41, 5.74) is 5.67. The van der Waals surface area contributed by atoms with E-state index in [9.17, 15) is 0 Å². The number of hydrogen-bond donors (Lipinski definition) is 0. The van der Waals surface area contributed by atoms with Crippen LogP contribution in [0.25, 0.3) is 65.9 Å². The maximum absolute atomic E-state index is 7.96. The topological polar surface area (TPSA) is 17.0 Å². The Labute approximate surface area is 224 Å². The average molecular weight is 485 g/mol. The van der Waals surface area contributed by atoms with Gasteiger partial charge in [0.15, 0.2) is 6.20 Å². The fourth-order valence-electron chi connectivity index (χ4n) is 5.59. The van der Waals surface area contributed by atoms with Gasteiger partial charge in [0.2, 0.25) is 5.69 Å². The van der Waals surface area contributed by atoms with Gasteiger partial charge in [-0.2, -0.15) is 0 Å². The van der Waals surface area contributed by atoms with Crippen LogP contribution in [0.4, 0.5) is 0 Å². The molecule has 0 saturated heterocycles. The van der Waals surface area contributed by atoms with Gasteiger partial charge in [-0.05, 0) is 59.5 Å². The zero-order chi connectivity index (χ0) is 30.3. The second kappa shape index (κ2) is 8.04. The molecule has 0 amide bonds. The summed E-state index contributed by atoms with van der Waals surface area (Å²) in [6.07, 6.45) is 1.91. The largest absolute Gasteiger partial charge is 0.454 e. The van der Waals surface area contributed by atoms with E-state index in [4.69, 9.17) is 12.6 Å². The van der Waals surface area contributed by atoms with Crippen molar-refractivity contribution in [3.05, 3.63) is 114 Å². The third-order valence-corrected chi connectivity index (χ3v) is 7.40. The van der Waals surface area contributed by atoms with Gasteiger partial charge in [-0.15, -0.1) is 0 Å². The summed E-state index contributed by atoms with van der Waals surface area (Å²) < 4.78 is 56.5. The van der Waals surface area contributed by atoms with E-state index in [1.807, 2.05) is 49.0 Å². The summed E-state index contributed by atoms with van der Waals surface area (Å²) in [5, 5.41) is 6.50. The summed E-state index contributed by atoms with van der Waals surface area (Å²) in [6, 6.07) is 29.3. The van der Waals surface area contributed by atoms with Crippen LogP contribution in [0.5, 0.6) is 0 Å². The molecule has 2 aromatic heterocycles. The van der Waals surface area contributed by atoms with E-state index >= 15 is 0 Å². The van der Waals surface area contributed by atoms with Crippen molar-refractivity contribution < 1.29 is 17.2 Å². The molecule has 178 valence electrons. The molecule has 0 N–H and O–H groups in total. The molecule has 7 rings (SSSR count). The van der Waals surface area contributed by atoms with Crippen LogP contribution < -0.4 is 4.57 Å². The number of aryl methyl sites for hydroxylation is 4.